The van der Waals surface area contributed by atoms with Crippen molar-refractivity contribution in [1.29, 1.82) is 0 Å². The second-order valence-electron chi connectivity index (χ2n) is 5.07. The van der Waals surface area contributed by atoms with Crippen molar-refractivity contribution in [3.63, 3.8) is 0 Å². The van der Waals surface area contributed by atoms with Crippen LogP contribution in [0.2, 0.25) is 5.02 Å². The van der Waals surface area contributed by atoms with Crippen LogP contribution in [0.3, 0.4) is 0 Å². The predicted octanol–water partition coefficient (Wildman–Crippen LogP) is 2.16. The maximum atomic E-state index is 12.0. The second-order valence-corrected chi connectivity index (χ2v) is 5.48. The number of ether oxygens (including phenoxy) is 2. The summed E-state index contributed by atoms with van der Waals surface area (Å²) in [6, 6.07) is 3.37. The quantitative estimate of drug-likeness (QED) is 0.735. The summed E-state index contributed by atoms with van der Waals surface area (Å²) in [6.45, 7) is 4.21. The number of anilines is 1. The Morgan fingerprint density at radius 1 is 1.30 bits per heavy atom. The van der Waals surface area contributed by atoms with Gasteiger partial charge in [-0.25, -0.2) is 0 Å². The molecule has 1 aromatic carbocycles. The lowest BCUT2D eigenvalue weighted by Crippen LogP contribution is -2.40. The molecule has 0 aliphatic heterocycles. The molecule has 0 aliphatic rings. The average molecular weight is 343 g/mol. The summed E-state index contributed by atoms with van der Waals surface area (Å²) < 4.78 is 10.2. The molecule has 0 spiro atoms. The first-order chi connectivity index (χ1) is 10.9. The van der Waals surface area contributed by atoms with Crippen LogP contribution in [0, 0.1) is 6.92 Å². The molecule has 23 heavy (non-hydrogen) atoms. The lowest BCUT2D eigenvalue weighted by Gasteiger charge is -2.23. The van der Waals surface area contributed by atoms with Crippen molar-refractivity contribution in [2.75, 3.05) is 38.8 Å². The van der Waals surface area contributed by atoms with Crippen LogP contribution >= 0.6 is 11.6 Å². The number of rotatable bonds is 8. The highest BCUT2D eigenvalue weighted by Crippen LogP contribution is 2.33. The number of halogens is 1. The molecule has 0 fully saturated rings. The Balaban J connectivity index is 2.89. The highest BCUT2D eigenvalue weighted by molar-refractivity contribution is 6.31. The van der Waals surface area contributed by atoms with Gasteiger partial charge in [-0.2, -0.15) is 0 Å². The summed E-state index contributed by atoms with van der Waals surface area (Å²) in [4.78, 5) is 25.4. The van der Waals surface area contributed by atoms with Gasteiger partial charge in [0.25, 0.3) is 0 Å². The number of methoxy groups -OCH3 is 2. The van der Waals surface area contributed by atoms with Crippen LogP contribution in [0.1, 0.15) is 18.9 Å². The Kier molecular flexibility index (Phi) is 7.85. The van der Waals surface area contributed by atoms with E-state index < -0.39 is 0 Å². The van der Waals surface area contributed by atoms with Gasteiger partial charge in [0, 0.05) is 38.3 Å². The smallest absolute Gasteiger partial charge is 0.240 e. The number of hydrogen-bond acceptors (Lipinski definition) is 4. The van der Waals surface area contributed by atoms with Crippen LogP contribution < -0.4 is 15.0 Å². The van der Waals surface area contributed by atoms with Crippen LogP contribution in [0.15, 0.2) is 12.1 Å². The summed E-state index contributed by atoms with van der Waals surface area (Å²) in [6.07, 6.45) is 0.714. The van der Waals surface area contributed by atoms with Crippen molar-refractivity contribution in [2.45, 2.75) is 20.3 Å². The molecule has 0 heterocycles. The molecule has 0 radical (unpaired) electrons. The van der Waals surface area contributed by atoms with Gasteiger partial charge in [-0.1, -0.05) is 11.6 Å². The van der Waals surface area contributed by atoms with Crippen molar-refractivity contribution in [1.82, 2.24) is 5.32 Å². The highest BCUT2D eigenvalue weighted by atomic mass is 35.5. The summed E-state index contributed by atoms with van der Waals surface area (Å²) >= 11 is 6.08. The van der Waals surface area contributed by atoms with Gasteiger partial charge in [-0.15, -0.1) is 0 Å². The normalized spacial score (nSPS) is 10.3. The number of nitrogens with zero attached hydrogens (tertiary/aromatic N) is 1. The van der Waals surface area contributed by atoms with Gasteiger partial charge < -0.3 is 14.8 Å². The molecular weight excluding hydrogens is 320 g/mol. The fraction of sp³-hybridized carbons (Fsp3) is 0.500. The van der Waals surface area contributed by atoms with Crippen LogP contribution in [-0.4, -0.2) is 45.7 Å². The maximum absolute atomic E-state index is 12.0. The van der Waals surface area contributed by atoms with E-state index in [-0.39, 0.29) is 18.4 Å². The van der Waals surface area contributed by atoms with Crippen molar-refractivity contribution in [2.24, 2.45) is 0 Å². The van der Waals surface area contributed by atoms with Crippen LogP contribution in [0.4, 0.5) is 5.69 Å². The van der Waals surface area contributed by atoms with E-state index in [1.54, 1.807) is 19.2 Å². The summed E-state index contributed by atoms with van der Waals surface area (Å²) in [5.41, 5.74) is 1.32. The van der Waals surface area contributed by atoms with Gasteiger partial charge in [0.05, 0.1) is 12.8 Å². The fourth-order valence-electron chi connectivity index (χ4n) is 2.03. The predicted molar refractivity (Wildman–Crippen MR) is 90.3 cm³/mol. The fourth-order valence-corrected chi connectivity index (χ4v) is 2.19. The van der Waals surface area contributed by atoms with E-state index >= 15 is 0 Å². The third kappa shape index (κ3) is 5.73. The molecule has 1 aromatic rings. The molecular formula is C16H23ClN2O4. The number of aryl methyl sites for hydroxylation is 1. The minimum Gasteiger partial charge on any atom is -0.495 e. The van der Waals surface area contributed by atoms with Crippen LogP contribution in [-0.2, 0) is 14.3 Å². The average Bonchev–Trinajstić information content (AvgIpc) is 2.51. The molecule has 0 bridgehead atoms. The SMILES string of the molecule is COCCCNC(=O)CN(C(C)=O)c1cc(C)c(Cl)cc1OC. The summed E-state index contributed by atoms with van der Waals surface area (Å²) in [7, 11) is 3.10. The number of hydrogen-bond donors (Lipinski definition) is 1. The second kappa shape index (κ2) is 9.37. The van der Waals surface area contributed by atoms with Gasteiger partial charge >= 0.3 is 0 Å². The van der Waals surface area contributed by atoms with Crippen LogP contribution in [0.25, 0.3) is 0 Å². The van der Waals surface area contributed by atoms with Crippen molar-refractivity contribution >= 4 is 29.1 Å². The standard InChI is InChI=1S/C16H23ClN2O4/c1-11-8-14(15(23-4)9-13(11)17)19(12(2)20)10-16(21)18-6-5-7-22-3/h8-9H,5-7,10H2,1-4H3,(H,18,21). The molecule has 0 saturated carbocycles. The van der Waals surface area contributed by atoms with E-state index in [1.807, 2.05) is 6.92 Å². The van der Waals surface area contributed by atoms with Gasteiger partial charge in [-0.3, -0.25) is 14.5 Å². The van der Waals surface area contributed by atoms with E-state index in [1.165, 1.54) is 18.9 Å². The molecule has 0 aromatic heterocycles. The Morgan fingerprint density at radius 2 is 2.00 bits per heavy atom. The summed E-state index contributed by atoms with van der Waals surface area (Å²) in [5, 5.41) is 3.30. The number of carbonyl (C=O) groups excluding carboxylic acids is 2. The monoisotopic (exact) mass is 342 g/mol. The molecule has 1 rings (SSSR count). The van der Waals surface area contributed by atoms with E-state index in [0.29, 0.717) is 36.0 Å². The van der Waals surface area contributed by atoms with Gasteiger partial charge in [0.1, 0.15) is 12.3 Å². The Labute approximate surface area is 141 Å². The Morgan fingerprint density at radius 3 is 2.57 bits per heavy atom. The molecule has 0 saturated heterocycles. The van der Waals surface area contributed by atoms with Gasteiger partial charge in [0.2, 0.25) is 11.8 Å². The first-order valence-corrected chi connectivity index (χ1v) is 7.66. The lowest BCUT2D eigenvalue weighted by molar-refractivity contribution is -0.123. The molecule has 2 amide bonds. The largest absolute Gasteiger partial charge is 0.495 e. The minimum atomic E-state index is -0.253. The first kappa shape index (κ1) is 19.3. The number of benzene rings is 1. The van der Waals surface area contributed by atoms with Crippen molar-refractivity contribution in [3.8, 4) is 5.75 Å². The van der Waals surface area contributed by atoms with Crippen LogP contribution in [0.5, 0.6) is 5.75 Å². The third-order valence-corrected chi connectivity index (χ3v) is 3.69. The molecule has 1 N–H and O–H groups in total. The van der Waals surface area contributed by atoms with Gasteiger partial charge in [0.15, 0.2) is 0 Å². The zero-order valence-electron chi connectivity index (χ0n) is 13.9. The first-order valence-electron chi connectivity index (χ1n) is 7.28. The Bertz CT molecular complexity index is 563. The zero-order valence-corrected chi connectivity index (χ0v) is 14.7. The third-order valence-electron chi connectivity index (χ3n) is 3.28. The summed E-state index contributed by atoms with van der Waals surface area (Å²) in [5.74, 6) is -0.0500. The van der Waals surface area contributed by atoms with Crippen molar-refractivity contribution in [3.05, 3.63) is 22.7 Å². The van der Waals surface area contributed by atoms with E-state index in [4.69, 9.17) is 21.1 Å². The molecule has 7 heteroatoms. The van der Waals surface area contributed by atoms with Gasteiger partial charge in [-0.05, 0) is 25.0 Å². The Hall–Kier alpha value is -1.79. The van der Waals surface area contributed by atoms with E-state index in [9.17, 15) is 9.59 Å². The number of amides is 2. The number of nitrogens with one attached hydrogen (secondary N) is 1. The number of carbonyl (C=O) groups is 2. The zero-order chi connectivity index (χ0) is 17.4. The molecule has 0 aliphatic carbocycles. The lowest BCUT2D eigenvalue weighted by atomic mass is 10.2. The molecule has 6 nitrogen and oxygen atoms in total. The molecule has 0 unspecified atom stereocenters. The minimum absolute atomic E-state index is 0.0836. The molecule has 128 valence electrons. The topological polar surface area (TPSA) is 67.9 Å². The van der Waals surface area contributed by atoms with Crippen molar-refractivity contribution < 1.29 is 19.1 Å². The van der Waals surface area contributed by atoms with E-state index in [2.05, 4.69) is 5.32 Å². The van der Waals surface area contributed by atoms with E-state index in [0.717, 1.165) is 5.56 Å². The maximum Gasteiger partial charge on any atom is 0.240 e. The molecule has 0 atom stereocenters. The highest BCUT2D eigenvalue weighted by Gasteiger charge is 2.20.